The minimum Gasteiger partial charge on any atom is -0.256 e. The molecule has 2 aromatic rings. The predicted octanol–water partition coefficient (Wildman–Crippen LogP) is 4.10. The second-order valence-corrected chi connectivity index (χ2v) is 3.86. The van der Waals surface area contributed by atoms with E-state index >= 15 is 0 Å². The van der Waals surface area contributed by atoms with E-state index in [2.05, 4.69) is 4.98 Å². The Morgan fingerprint density at radius 3 is 2.69 bits per heavy atom. The van der Waals surface area contributed by atoms with E-state index in [9.17, 15) is 4.39 Å². The molecule has 1 heterocycles. The van der Waals surface area contributed by atoms with Crippen molar-refractivity contribution in [1.82, 2.24) is 4.98 Å². The SMILES string of the molecule is CCc1c(-c2ccccn2)ccc(Cl)c1F. The normalized spacial score (nSPS) is 10.4. The molecular weight excluding hydrogens is 225 g/mol. The lowest BCUT2D eigenvalue weighted by Crippen LogP contribution is -1.95. The molecule has 0 fully saturated rings. The molecule has 2 rings (SSSR count). The van der Waals surface area contributed by atoms with Crippen molar-refractivity contribution >= 4 is 11.6 Å². The van der Waals surface area contributed by atoms with Crippen LogP contribution < -0.4 is 0 Å². The molecule has 0 unspecified atom stereocenters. The zero-order valence-corrected chi connectivity index (χ0v) is 9.63. The molecule has 1 aromatic carbocycles. The van der Waals surface area contributed by atoms with Crippen LogP contribution >= 0.6 is 11.6 Å². The van der Waals surface area contributed by atoms with Crippen molar-refractivity contribution in [2.45, 2.75) is 13.3 Å². The van der Waals surface area contributed by atoms with Gasteiger partial charge in [-0.1, -0.05) is 30.7 Å². The summed E-state index contributed by atoms with van der Waals surface area (Å²) in [6.45, 7) is 1.90. The minimum absolute atomic E-state index is 0.163. The second kappa shape index (κ2) is 4.62. The molecule has 0 radical (unpaired) electrons. The van der Waals surface area contributed by atoms with Gasteiger partial charge in [0.2, 0.25) is 0 Å². The van der Waals surface area contributed by atoms with Crippen LogP contribution in [0.2, 0.25) is 5.02 Å². The number of benzene rings is 1. The molecule has 0 bridgehead atoms. The van der Waals surface area contributed by atoms with Gasteiger partial charge in [-0.15, -0.1) is 0 Å². The highest BCUT2D eigenvalue weighted by Gasteiger charge is 2.12. The monoisotopic (exact) mass is 235 g/mol. The molecule has 0 atom stereocenters. The third-order valence-corrected chi connectivity index (χ3v) is 2.78. The highest BCUT2D eigenvalue weighted by atomic mass is 35.5. The Morgan fingerprint density at radius 2 is 2.06 bits per heavy atom. The summed E-state index contributed by atoms with van der Waals surface area (Å²) >= 11 is 5.76. The topological polar surface area (TPSA) is 12.9 Å². The van der Waals surface area contributed by atoms with Crippen LogP contribution in [0, 0.1) is 5.82 Å². The lowest BCUT2D eigenvalue weighted by atomic mass is 10.0. The lowest BCUT2D eigenvalue weighted by molar-refractivity contribution is 0.613. The molecule has 0 spiro atoms. The average molecular weight is 236 g/mol. The molecule has 0 aliphatic heterocycles. The zero-order valence-electron chi connectivity index (χ0n) is 8.87. The Morgan fingerprint density at radius 1 is 1.25 bits per heavy atom. The van der Waals surface area contributed by atoms with Gasteiger partial charge in [0.15, 0.2) is 0 Å². The first-order valence-electron chi connectivity index (χ1n) is 5.12. The molecule has 0 aliphatic carbocycles. The predicted molar refractivity (Wildman–Crippen MR) is 64.0 cm³/mol. The van der Waals surface area contributed by atoms with Gasteiger partial charge >= 0.3 is 0 Å². The number of hydrogen-bond acceptors (Lipinski definition) is 1. The molecule has 0 saturated carbocycles. The summed E-state index contributed by atoms with van der Waals surface area (Å²) in [7, 11) is 0. The summed E-state index contributed by atoms with van der Waals surface area (Å²) in [5, 5.41) is 0.163. The molecule has 0 saturated heterocycles. The van der Waals surface area contributed by atoms with E-state index < -0.39 is 0 Å². The van der Waals surface area contributed by atoms with Crippen molar-refractivity contribution in [3.05, 3.63) is 52.9 Å². The van der Waals surface area contributed by atoms with Crippen molar-refractivity contribution in [2.24, 2.45) is 0 Å². The van der Waals surface area contributed by atoms with E-state index in [1.54, 1.807) is 12.3 Å². The van der Waals surface area contributed by atoms with Gasteiger partial charge in [-0.2, -0.15) is 0 Å². The quantitative estimate of drug-likeness (QED) is 0.764. The first-order chi connectivity index (χ1) is 7.74. The van der Waals surface area contributed by atoms with E-state index in [0.717, 1.165) is 11.3 Å². The summed E-state index contributed by atoms with van der Waals surface area (Å²) in [6.07, 6.45) is 2.29. The van der Waals surface area contributed by atoms with Gasteiger partial charge in [-0.3, -0.25) is 4.98 Å². The van der Waals surface area contributed by atoms with Crippen LogP contribution in [0.15, 0.2) is 36.5 Å². The Bertz CT molecular complexity index is 497. The first kappa shape index (κ1) is 11.1. The molecule has 0 amide bonds. The van der Waals surface area contributed by atoms with Crippen LogP contribution in [0.5, 0.6) is 0 Å². The standard InChI is InChI=1S/C13H11ClFN/c1-2-9-10(6-7-11(14)13(9)15)12-5-3-4-8-16-12/h3-8H,2H2,1H3. The van der Waals surface area contributed by atoms with Crippen LogP contribution in [0.3, 0.4) is 0 Å². The first-order valence-corrected chi connectivity index (χ1v) is 5.50. The van der Waals surface area contributed by atoms with E-state index in [0.29, 0.717) is 12.0 Å². The third kappa shape index (κ3) is 1.93. The Kier molecular flexibility index (Phi) is 3.20. The van der Waals surface area contributed by atoms with Crippen LogP contribution in [0.1, 0.15) is 12.5 Å². The fourth-order valence-electron chi connectivity index (χ4n) is 1.70. The van der Waals surface area contributed by atoms with Crippen molar-refractivity contribution in [3.8, 4) is 11.3 Å². The zero-order chi connectivity index (χ0) is 11.5. The van der Waals surface area contributed by atoms with Gasteiger partial charge in [0.1, 0.15) is 5.82 Å². The summed E-state index contributed by atoms with van der Waals surface area (Å²) in [5.41, 5.74) is 2.20. The Hall–Kier alpha value is -1.41. The van der Waals surface area contributed by atoms with Crippen molar-refractivity contribution in [1.29, 1.82) is 0 Å². The molecule has 0 N–H and O–H groups in total. The second-order valence-electron chi connectivity index (χ2n) is 3.46. The molecule has 16 heavy (non-hydrogen) atoms. The van der Waals surface area contributed by atoms with Gasteiger partial charge in [0, 0.05) is 11.8 Å². The number of nitrogens with zero attached hydrogens (tertiary/aromatic N) is 1. The Labute approximate surface area is 98.9 Å². The van der Waals surface area contributed by atoms with Crippen LogP contribution in [-0.2, 0) is 6.42 Å². The smallest absolute Gasteiger partial charge is 0.145 e. The summed E-state index contributed by atoms with van der Waals surface area (Å²) < 4.78 is 13.8. The van der Waals surface area contributed by atoms with E-state index in [-0.39, 0.29) is 10.8 Å². The average Bonchev–Trinajstić information content (AvgIpc) is 2.33. The fraction of sp³-hybridized carbons (Fsp3) is 0.154. The van der Waals surface area contributed by atoms with Crippen LogP contribution in [0.25, 0.3) is 11.3 Å². The molecule has 0 aliphatic rings. The molecule has 82 valence electrons. The van der Waals surface area contributed by atoms with E-state index in [1.807, 2.05) is 31.2 Å². The highest BCUT2D eigenvalue weighted by molar-refractivity contribution is 6.30. The van der Waals surface area contributed by atoms with Crippen molar-refractivity contribution < 1.29 is 4.39 Å². The van der Waals surface area contributed by atoms with Gasteiger partial charge in [-0.05, 0) is 30.2 Å². The maximum Gasteiger partial charge on any atom is 0.145 e. The van der Waals surface area contributed by atoms with Gasteiger partial charge < -0.3 is 0 Å². The summed E-state index contributed by atoms with van der Waals surface area (Å²) in [5.74, 6) is -0.340. The molecular formula is C13H11ClFN. The number of hydrogen-bond donors (Lipinski definition) is 0. The van der Waals surface area contributed by atoms with E-state index in [4.69, 9.17) is 11.6 Å². The molecule has 1 aromatic heterocycles. The van der Waals surface area contributed by atoms with Crippen molar-refractivity contribution in [3.63, 3.8) is 0 Å². The maximum absolute atomic E-state index is 13.8. The van der Waals surface area contributed by atoms with Gasteiger partial charge in [0.25, 0.3) is 0 Å². The summed E-state index contributed by atoms with van der Waals surface area (Å²) in [6, 6.07) is 8.96. The third-order valence-electron chi connectivity index (χ3n) is 2.49. The molecule has 1 nitrogen and oxygen atoms in total. The Balaban J connectivity index is 2.62. The number of halogens is 2. The van der Waals surface area contributed by atoms with Crippen LogP contribution in [-0.4, -0.2) is 4.98 Å². The summed E-state index contributed by atoms with van der Waals surface area (Å²) in [4.78, 5) is 4.22. The fourth-order valence-corrected chi connectivity index (χ4v) is 1.88. The largest absolute Gasteiger partial charge is 0.256 e. The highest BCUT2D eigenvalue weighted by Crippen LogP contribution is 2.28. The van der Waals surface area contributed by atoms with E-state index in [1.165, 1.54) is 0 Å². The van der Waals surface area contributed by atoms with Crippen molar-refractivity contribution in [2.75, 3.05) is 0 Å². The minimum atomic E-state index is -0.340. The lowest BCUT2D eigenvalue weighted by Gasteiger charge is -2.09. The van der Waals surface area contributed by atoms with Crippen LogP contribution in [0.4, 0.5) is 4.39 Å². The number of rotatable bonds is 2. The maximum atomic E-state index is 13.8. The van der Waals surface area contributed by atoms with Gasteiger partial charge in [-0.25, -0.2) is 4.39 Å². The number of aromatic nitrogens is 1. The van der Waals surface area contributed by atoms with Gasteiger partial charge in [0.05, 0.1) is 10.7 Å². The molecule has 3 heteroatoms. The number of pyridine rings is 1.